The molecule has 0 radical (unpaired) electrons. The first-order valence-electron chi connectivity index (χ1n) is 3.40. The first-order valence-corrected chi connectivity index (χ1v) is 4.79. The molecule has 1 rings (SSSR count). The lowest BCUT2D eigenvalue weighted by Crippen LogP contribution is -2.04. The Morgan fingerprint density at radius 2 is 2.50 bits per heavy atom. The second-order valence-corrected chi connectivity index (χ2v) is 3.25. The number of aryl methyl sites for hydroxylation is 1. The quantitative estimate of drug-likeness (QED) is 0.764. The van der Waals surface area contributed by atoms with Gasteiger partial charge < -0.3 is 5.11 Å². The van der Waals surface area contributed by atoms with Crippen molar-refractivity contribution in [2.75, 3.05) is 6.26 Å². The van der Waals surface area contributed by atoms with Gasteiger partial charge in [0.25, 0.3) is 0 Å². The molecule has 1 heterocycles. The van der Waals surface area contributed by atoms with E-state index in [9.17, 15) is 4.79 Å². The Balaban J connectivity index is 2.92. The average Bonchev–Trinajstić information content (AvgIpc) is 2.32. The van der Waals surface area contributed by atoms with Crippen LogP contribution in [0.25, 0.3) is 0 Å². The topological polar surface area (TPSA) is 55.1 Å². The van der Waals surface area contributed by atoms with Gasteiger partial charge in [-0.1, -0.05) is 0 Å². The number of carboxylic acids is 1. The van der Waals surface area contributed by atoms with Gasteiger partial charge in [0.05, 0.1) is 5.69 Å². The minimum absolute atomic E-state index is 0.235. The maximum atomic E-state index is 10.6. The van der Waals surface area contributed by atoms with Crippen molar-refractivity contribution < 1.29 is 9.90 Å². The molecular formula is C7H10N2O2S. The summed E-state index contributed by atoms with van der Waals surface area (Å²) in [6.45, 7) is 0. The summed E-state index contributed by atoms with van der Waals surface area (Å²) in [6, 6.07) is 1.60. The minimum atomic E-state index is -0.933. The van der Waals surface area contributed by atoms with Crippen LogP contribution >= 0.6 is 11.8 Å². The van der Waals surface area contributed by atoms with Gasteiger partial charge in [-0.25, -0.2) is 4.79 Å². The molecule has 1 N–H and O–H groups in total. The largest absolute Gasteiger partial charge is 0.477 e. The van der Waals surface area contributed by atoms with Crippen LogP contribution in [0.1, 0.15) is 16.2 Å². The fourth-order valence-electron chi connectivity index (χ4n) is 0.945. The van der Waals surface area contributed by atoms with Crippen molar-refractivity contribution >= 4 is 17.7 Å². The number of aromatic carboxylic acids is 1. The molecule has 0 aromatic carbocycles. The Bertz CT molecular complexity index is 296. The van der Waals surface area contributed by atoms with Gasteiger partial charge in [-0.3, -0.25) is 4.68 Å². The Hall–Kier alpha value is -0.970. The molecule has 1 aromatic heterocycles. The third-order valence-corrected chi connectivity index (χ3v) is 2.03. The van der Waals surface area contributed by atoms with Gasteiger partial charge in [-0.05, 0) is 12.3 Å². The molecule has 1 aromatic rings. The first kappa shape index (κ1) is 9.12. The molecule has 0 amide bonds. The van der Waals surface area contributed by atoms with E-state index in [1.54, 1.807) is 24.9 Å². The third-order valence-electron chi connectivity index (χ3n) is 1.44. The molecule has 5 heteroatoms. The number of carbonyl (C=O) groups is 1. The zero-order valence-corrected chi connectivity index (χ0v) is 7.76. The molecule has 0 unspecified atom stereocenters. The highest BCUT2D eigenvalue weighted by Crippen LogP contribution is 2.09. The summed E-state index contributed by atoms with van der Waals surface area (Å²) in [5.74, 6) is -0.182. The van der Waals surface area contributed by atoms with Crippen LogP contribution in [0.15, 0.2) is 6.07 Å². The van der Waals surface area contributed by atoms with E-state index in [0.29, 0.717) is 0 Å². The van der Waals surface area contributed by atoms with Gasteiger partial charge in [-0.15, -0.1) is 0 Å². The van der Waals surface area contributed by atoms with Crippen LogP contribution in [0.3, 0.4) is 0 Å². The number of hydrogen-bond acceptors (Lipinski definition) is 3. The fourth-order valence-corrected chi connectivity index (χ4v) is 1.38. The number of thioether (sulfide) groups is 1. The molecule has 0 aliphatic heterocycles. The number of rotatable bonds is 3. The zero-order chi connectivity index (χ0) is 9.14. The molecular weight excluding hydrogens is 176 g/mol. The summed E-state index contributed by atoms with van der Waals surface area (Å²) in [5.41, 5.74) is 1.04. The highest BCUT2D eigenvalue weighted by molar-refractivity contribution is 7.97. The number of nitrogens with zero attached hydrogens (tertiary/aromatic N) is 2. The average molecular weight is 186 g/mol. The smallest absolute Gasteiger partial charge is 0.354 e. The van der Waals surface area contributed by atoms with Crippen molar-refractivity contribution in [2.45, 2.75) is 5.75 Å². The van der Waals surface area contributed by atoms with E-state index in [1.807, 2.05) is 6.26 Å². The molecule has 0 aliphatic rings. The zero-order valence-electron chi connectivity index (χ0n) is 6.94. The van der Waals surface area contributed by atoms with Crippen molar-refractivity contribution in [2.24, 2.45) is 7.05 Å². The lowest BCUT2D eigenvalue weighted by molar-refractivity contribution is 0.0685. The molecule has 4 nitrogen and oxygen atoms in total. The number of aromatic nitrogens is 2. The van der Waals surface area contributed by atoms with E-state index >= 15 is 0 Å². The lowest BCUT2D eigenvalue weighted by atomic mass is 10.4. The van der Waals surface area contributed by atoms with Gasteiger partial charge in [0, 0.05) is 12.8 Å². The standard InChI is InChI=1S/C7H10N2O2S/c1-9-6(7(10)11)3-5(8-9)4-12-2/h3H,4H2,1-2H3,(H,10,11). The van der Waals surface area contributed by atoms with Crippen molar-refractivity contribution in [1.29, 1.82) is 0 Å². The highest BCUT2D eigenvalue weighted by atomic mass is 32.2. The Morgan fingerprint density at radius 1 is 1.83 bits per heavy atom. The van der Waals surface area contributed by atoms with Gasteiger partial charge >= 0.3 is 5.97 Å². The van der Waals surface area contributed by atoms with E-state index in [4.69, 9.17) is 5.11 Å². The normalized spacial score (nSPS) is 10.2. The molecule has 0 fully saturated rings. The van der Waals surface area contributed by atoms with Gasteiger partial charge in [-0.2, -0.15) is 16.9 Å². The van der Waals surface area contributed by atoms with Crippen LogP contribution in [0.2, 0.25) is 0 Å². The van der Waals surface area contributed by atoms with Crippen LogP contribution in [0, 0.1) is 0 Å². The van der Waals surface area contributed by atoms with Crippen LogP contribution < -0.4 is 0 Å². The summed E-state index contributed by atoms with van der Waals surface area (Å²) in [5, 5.41) is 12.7. The predicted molar refractivity (Wildman–Crippen MR) is 47.4 cm³/mol. The van der Waals surface area contributed by atoms with E-state index in [2.05, 4.69) is 5.10 Å². The molecule has 66 valence electrons. The maximum Gasteiger partial charge on any atom is 0.354 e. The van der Waals surface area contributed by atoms with Crippen molar-refractivity contribution in [3.8, 4) is 0 Å². The van der Waals surface area contributed by atoms with E-state index < -0.39 is 5.97 Å². The molecule has 0 spiro atoms. The van der Waals surface area contributed by atoms with Crippen molar-refractivity contribution in [1.82, 2.24) is 9.78 Å². The fraction of sp³-hybridized carbons (Fsp3) is 0.429. The third kappa shape index (κ3) is 1.79. The van der Waals surface area contributed by atoms with Crippen molar-refractivity contribution in [3.05, 3.63) is 17.5 Å². The highest BCUT2D eigenvalue weighted by Gasteiger charge is 2.10. The number of hydrogen-bond donors (Lipinski definition) is 1. The summed E-state index contributed by atoms with van der Waals surface area (Å²) in [7, 11) is 1.63. The summed E-state index contributed by atoms with van der Waals surface area (Å²) >= 11 is 1.62. The van der Waals surface area contributed by atoms with Crippen molar-refractivity contribution in [3.63, 3.8) is 0 Å². The predicted octanol–water partition coefficient (Wildman–Crippen LogP) is 0.981. The second-order valence-electron chi connectivity index (χ2n) is 2.38. The molecule has 0 atom stereocenters. The van der Waals surface area contributed by atoms with Gasteiger partial charge in [0.1, 0.15) is 5.69 Å². The van der Waals surface area contributed by atoms with Crippen LogP contribution in [-0.2, 0) is 12.8 Å². The van der Waals surface area contributed by atoms with Gasteiger partial charge in [0.15, 0.2) is 0 Å². The summed E-state index contributed by atoms with van der Waals surface area (Å²) in [6.07, 6.45) is 1.95. The summed E-state index contributed by atoms with van der Waals surface area (Å²) < 4.78 is 1.38. The maximum absolute atomic E-state index is 10.6. The second kappa shape index (κ2) is 3.62. The molecule has 0 bridgehead atoms. The Morgan fingerprint density at radius 3 is 2.92 bits per heavy atom. The van der Waals surface area contributed by atoms with E-state index in [1.165, 1.54) is 4.68 Å². The summed E-state index contributed by atoms with van der Waals surface area (Å²) in [4.78, 5) is 10.6. The SMILES string of the molecule is CSCc1cc(C(=O)O)n(C)n1. The Kier molecular flexibility index (Phi) is 2.75. The molecule has 12 heavy (non-hydrogen) atoms. The van der Waals surface area contributed by atoms with Gasteiger partial charge in [0.2, 0.25) is 0 Å². The molecule has 0 saturated heterocycles. The Labute approximate surface area is 74.6 Å². The lowest BCUT2D eigenvalue weighted by Gasteiger charge is -1.91. The minimum Gasteiger partial charge on any atom is -0.477 e. The van der Waals surface area contributed by atoms with E-state index in [-0.39, 0.29) is 5.69 Å². The van der Waals surface area contributed by atoms with Crippen LogP contribution in [-0.4, -0.2) is 27.1 Å². The van der Waals surface area contributed by atoms with Crippen LogP contribution in [0.5, 0.6) is 0 Å². The molecule has 0 saturated carbocycles. The number of carboxylic acid groups (broad SMARTS) is 1. The first-order chi connectivity index (χ1) is 5.65. The molecule has 0 aliphatic carbocycles. The van der Waals surface area contributed by atoms with Crippen LogP contribution in [0.4, 0.5) is 0 Å². The monoisotopic (exact) mass is 186 g/mol. The van der Waals surface area contributed by atoms with E-state index in [0.717, 1.165) is 11.4 Å².